The van der Waals surface area contributed by atoms with Crippen LogP contribution in [0.1, 0.15) is 50.1 Å². The van der Waals surface area contributed by atoms with Crippen molar-refractivity contribution in [3.8, 4) is 0 Å². The van der Waals surface area contributed by atoms with Gasteiger partial charge in [0.25, 0.3) is 0 Å². The van der Waals surface area contributed by atoms with E-state index in [1.165, 1.54) is 23.3 Å². The topological polar surface area (TPSA) is 12.0 Å². The van der Waals surface area contributed by atoms with E-state index in [1.54, 1.807) is 0 Å². The minimum absolute atomic E-state index is 0.552. The molecule has 1 aromatic heterocycles. The Morgan fingerprint density at radius 2 is 1.93 bits per heavy atom. The van der Waals surface area contributed by atoms with Crippen molar-refractivity contribution in [2.75, 3.05) is 6.54 Å². The van der Waals surface area contributed by atoms with Gasteiger partial charge >= 0.3 is 0 Å². The summed E-state index contributed by atoms with van der Waals surface area (Å²) in [5.41, 5.74) is 1.51. The third-order valence-electron chi connectivity index (χ3n) is 3.18. The molecule has 1 unspecified atom stereocenters. The Morgan fingerprint density at radius 3 is 2.33 bits per heavy atom. The largest absolute Gasteiger partial charge is 0.310 e. The molecule has 0 spiro atoms. The van der Waals surface area contributed by atoms with Gasteiger partial charge in [-0.25, -0.2) is 0 Å². The molecule has 0 aliphatic carbocycles. The molecular weight excluding hydrogens is 202 g/mol. The molecule has 1 atom stereocenters. The van der Waals surface area contributed by atoms with Crippen molar-refractivity contribution >= 4 is 11.3 Å². The lowest BCUT2D eigenvalue weighted by molar-refractivity contribution is 0.346. The Morgan fingerprint density at radius 1 is 1.27 bits per heavy atom. The zero-order valence-electron chi connectivity index (χ0n) is 10.3. The van der Waals surface area contributed by atoms with Crippen LogP contribution < -0.4 is 5.32 Å². The van der Waals surface area contributed by atoms with E-state index in [1.807, 2.05) is 11.3 Å². The minimum Gasteiger partial charge on any atom is -0.310 e. The maximum atomic E-state index is 3.63. The molecule has 1 rings (SSSR count). The number of aryl methyl sites for hydroxylation is 1. The smallest absolute Gasteiger partial charge is 0.0359 e. The third kappa shape index (κ3) is 3.05. The van der Waals surface area contributed by atoms with E-state index < -0.39 is 0 Å². The first kappa shape index (κ1) is 12.7. The van der Waals surface area contributed by atoms with Crippen molar-refractivity contribution in [3.05, 3.63) is 21.9 Å². The predicted molar refractivity (Wildman–Crippen MR) is 69.5 cm³/mol. The molecule has 1 heterocycles. The molecule has 0 aliphatic rings. The van der Waals surface area contributed by atoms with E-state index in [2.05, 4.69) is 44.5 Å². The molecular formula is C13H23NS. The molecule has 0 saturated carbocycles. The molecule has 0 aromatic carbocycles. The van der Waals surface area contributed by atoms with Crippen molar-refractivity contribution in [2.24, 2.45) is 5.92 Å². The first-order valence-corrected chi connectivity index (χ1v) is 6.89. The van der Waals surface area contributed by atoms with Crippen LogP contribution in [0.3, 0.4) is 0 Å². The van der Waals surface area contributed by atoms with Crippen molar-refractivity contribution in [1.29, 1.82) is 0 Å². The van der Waals surface area contributed by atoms with Crippen molar-refractivity contribution < 1.29 is 0 Å². The SMILES string of the molecule is CCNC(c1ccsc1C)C(CC)CC. The van der Waals surface area contributed by atoms with E-state index in [4.69, 9.17) is 0 Å². The molecule has 0 amide bonds. The molecule has 1 aromatic rings. The summed E-state index contributed by atoms with van der Waals surface area (Å²) in [5.74, 6) is 0.762. The minimum atomic E-state index is 0.552. The Hall–Kier alpha value is -0.340. The molecule has 15 heavy (non-hydrogen) atoms. The van der Waals surface area contributed by atoms with Gasteiger partial charge in [0.2, 0.25) is 0 Å². The molecule has 1 N–H and O–H groups in total. The fourth-order valence-electron chi connectivity index (χ4n) is 2.23. The van der Waals surface area contributed by atoms with Gasteiger partial charge in [-0.15, -0.1) is 11.3 Å². The average molecular weight is 225 g/mol. The molecule has 86 valence electrons. The first-order chi connectivity index (χ1) is 7.24. The second kappa shape index (κ2) is 6.29. The number of hydrogen-bond acceptors (Lipinski definition) is 2. The van der Waals surface area contributed by atoms with E-state index in [9.17, 15) is 0 Å². The molecule has 0 fully saturated rings. The van der Waals surface area contributed by atoms with E-state index in [-0.39, 0.29) is 0 Å². The van der Waals surface area contributed by atoms with Gasteiger partial charge in [0, 0.05) is 10.9 Å². The van der Waals surface area contributed by atoms with E-state index >= 15 is 0 Å². The second-order valence-electron chi connectivity index (χ2n) is 4.04. The molecule has 0 radical (unpaired) electrons. The Labute approximate surface area is 97.9 Å². The second-order valence-corrected chi connectivity index (χ2v) is 5.16. The van der Waals surface area contributed by atoms with Gasteiger partial charge in [-0.2, -0.15) is 0 Å². The number of rotatable bonds is 6. The normalized spacial score (nSPS) is 13.4. The maximum Gasteiger partial charge on any atom is 0.0359 e. The summed E-state index contributed by atoms with van der Waals surface area (Å²) >= 11 is 1.86. The maximum absolute atomic E-state index is 3.63. The van der Waals surface area contributed by atoms with Crippen LogP contribution in [-0.2, 0) is 0 Å². The van der Waals surface area contributed by atoms with Crippen molar-refractivity contribution in [2.45, 2.75) is 46.6 Å². The quantitative estimate of drug-likeness (QED) is 0.767. The van der Waals surface area contributed by atoms with Crippen LogP contribution in [0.4, 0.5) is 0 Å². The van der Waals surface area contributed by atoms with Gasteiger partial charge in [-0.1, -0.05) is 33.6 Å². The Kier molecular flexibility index (Phi) is 5.34. The van der Waals surface area contributed by atoms with E-state index in [0.29, 0.717) is 6.04 Å². The molecule has 0 saturated heterocycles. The van der Waals surface area contributed by atoms with Gasteiger partial charge in [-0.05, 0) is 36.4 Å². The van der Waals surface area contributed by atoms with Crippen LogP contribution in [0.25, 0.3) is 0 Å². The number of thiophene rings is 1. The van der Waals surface area contributed by atoms with Gasteiger partial charge < -0.3 is 5.32 Å². The summed E-state index contributed by atoms with van der Waals surface area (Å²) in [6, 6.07) is 2.84. The zero-order chi connectivity index (χ0) is 11.3. The number of hydrogen-bond donors (Lipinski definition) is 1. The summed E-state index contributed by atoms with van der Waals surface area (Å²) in [7, 11) is 0. The Bertz CT molecular complexity index is 276. The molecule has 2 heteroatoms. The van der Waals surface area contributed by atoms with E-state index in [0.717, 1.165) is 12.5 Å². The summed E-state index contributed by atoms with van der Waals surface area (Å²) in [5, 5.41) is 5.84. The van der Waals surface area contributed by atoms with Crippen molar-refractivity contribution in [1.82, 2.24) is 5.32 Å². The van der Waals surface area contributed by atoms with Crippen LogP contribution in [-0.4, -0.2) is 6.54 Å². The van der Waals surface area contributed by atoms with Crippen LogP contribution in [0.2, 0.25) is 0 Å². The standard InChI is InChI=1S/C13H23NS/c1-5-11(6-2)13(14-7-3)12-8-9-15-10(12)4/h8-9,11,13-14H,5-7H2,1-4H3. The summed E-state index contributed by atoms with van der Waals surface area (Å²) < 4.78 is 0. The lowest BCUT2D eigenvalue weighted by Gasteiger charge is -2.26. The van der Waals surface area contributed by atoms with Crippen LogP contribution >= 0.6 is 11.3 Å². The van der Waals surface area contributed by atoms with Gasteiger partial charge in [0.1, 0.15) is 0 Å². The summed E-state index contributed by atoms with van der Waals surface area (Å²) in [6.07, 6.45) is 2.51. The van der Waals surface area contributed by atoms with Crippen LogP contribution in [0.15, 0.2) is 11.4 Å². The molecule has 0 aliphatic heterocycles. The molecule has 0 bridgehead atoms. The highest BCUT2D eigenvalue weighted by Gasteiger charge is 2.21. The lowest BCUT2D eigenvalue weighted by Crippen LogP contribution is -2.27. The zero-order valence-corrected chi connectivity index (χ0v) is 11.2. The van der Waals surface area contributed by atoms with Crippen molar-refractivity contribution in [3.63, 3.8) is 0 Å². The average Bonchev–Trinajstić information content (AvgIpc) is 2.65. The summed E-state index contributed by atoms with van der Waals surface area (Å²) in [6.45, 7) is 10.1. The highest BCUT2D eigenvalue weighted by atomic mass is 32.1. The fourth-order valence-corrected chi connectivity index (χ4v) is 2.98. The highest BCUT2D eigenvalue weighted by Crippen LogP contribution is 2.31. The predicted octanol–water partition coefficient (Wildman–Crippen LogP) is 4.14. The fraction of sp³-hybridized carbons (Fsp3) is 0.692. The monoisotopic (exact) mass is 225 g/mol. The first-order valence-electron chi connectivity index (χ1n) is 6.01. The summed E-state index contributed by atoms with van der Waals surface area (Å²) in [4.78, 5) is 1.47. The van der Waals surface area contributed by atoms with Gasteiger partial charge in [0.05, 0.1) is 0 Å². The number of nitrogens with one attached hydrogen (secondary N) is 1. The highest BCUT2D eigenvalue weighted by molar-refractivity contribution is 7.10. The van der Waals surface area contributed by atoms with Gasteiger partial charge in [0.15, 0.2) is 0 Å². The lowest BCUT2D eigenvalue weighted by atomic mass is 9.89. The van der Waals surface area contributed by atoms with Gasteiger partial charge in [-0.3, -0.25) is 0 Å². The third-order valence-corrected chi connectivity index (χ3v) is 4.04. The van der Waals surface area contributed by atoms with Crippen LogP contribution in [0.5, 0.6) is 0 Å². The molecule has 1 nitrogen and oxygen atoms in total. The Balaban J connectivity index is 2.86. The van der Waals surface area contributed by atoms with Crippen LogP contribution in [0, 0.1) is 12.8 Å².